The van der Waals surface area contributed by atoms with Crippen molar-refractivity contribution in [1.29, 1.82) is 0 Å². The van der Waals surface area contributed by atoms with E-state index in [4.69, 9.17) is 9.47 Å². The van der Waals surface area contributed by atoms with Gasteiger partial charge in [0.2, 0.25) is 0 Å². The fraction of sp³-hybridized carbons (Fsp3) is 0.905. The molecule has 0 atom stereocenters. The molecule has 0 unspecified atom stereocenters. The number of nitrogens with one attached hydrogen (secondary N) is 1. The summed E-state index contributed by atoms with van der Waals surface area (Å²) in [5, 5.41) is 5.89. The second-order valence-electron chi connectivity index (χ2n) is 11.2. The van der Waals surface area contributed by atoms with Crippen molar-refractivity contribution in [3.63, 3.8) is 0 Å². The van der Waals surface area contributed by atoms with Gasteiger partial charge in [0, 0.05) is 36.8 Å². The number of hydrogen-bond donors (Lipinski definition) is 2. The van der Waals surface area contributed by atoms with Crippen molar-refractivity contribution in [3.05, 3.63) is 0 Å². The quantitative estimate of drug-likeness (QED) is 0.574. The van der Waals surface area contributed by atoms with Crippen LogP contribution in [0.25, 0.3) is 0 Å². The Balaban J connectivity index is 1.86. The molecule has 6 nitrogen and oxygen atoms in total. The molecule has 0 aromatic rings. The highest BCUT2D eigenvalue weighted by Crippen LogP contribution is 2.30. The van der Waals surface area contributed by atoms with Gasteiger partial charge < -0.3 is 20.1 Å². The maximum atomic E-state index is 12.3. The second kappa shape index (κ2) is 7.36. The van der Waals surface area contributed by atoms with Crippen LogP contribution < -0.4 is 10.6 Å². The van der Waals surface area contributed by atoms with Crippen LogP contribution in [-0.2, 0) is 19.1 Å². The first kappa shape index (κ1) is 22.2. The fourth-order valence-electron chi connectivity index (χ4n) is 5.39. The number of esters is 2. The molecular formula is C21H39N2O4+. The molecule has 3 N–H and O–H groups in total. The third kappa shape index (κ3) is 7.07. The molecule has 0 bridgehead atoms. The van der Waals surface area contributed by atoms with Crippen LogP contribution in [0.5, 0.6) is 0 Å². The topological polar surface area (TPSA) is 81.2 Å². The Kier molecular flexibility index (Phi) is 6.04. The first-order valence-electron chi connectivity index (χ1n) is 10.1. The van der Waals surface area contributed by atoms with Gasteiger partial charge in [-0.15, -0.1) is 0 Å². The molecule has 0 spiro atoms. The number of hydrogen-bond acceptors (Lipinski definition) is 5. The molecule has 156 valence electrons. The van der Waals surface area contributed by atoms with E-state index in [2.05, 4.69) is 66.0 Å². The maximum Gasteiger partial charge on any atom is 0.317 e. The minimum atomic E-state index is -0.487. The Hall–Kier alpha value is -1.14. The fourth-order valence-corrected chi connectivity index (χ4v) is 5.39. The highest BCUT2D eigenvalue weighted by molar-refractivity contribution is 5.91. The molecule has 0 saturated carbocycles. The number of ether oxygens (including phenoxy) is 2. The van der Waals surface area contributed by atoms with E-state index < -0.39 is 11.9 Å². The SMILES string of the molecule is CC1(C)CC(OC(=O)CC(=O)OC2CC(C)(C)[NH2+]C(C)(C)C2)CC(C)(C)N1. The van der Waals surface area contributed by atoms with Crippen LogP contribution in [0.4, 0.5) is 0 Å². The van der Waals surface area contributed by atoms with Crippen molar-refractivity contribution < 1.29 is 24.4 Å². The molecule has 0 radical (unpaired) electrons. The van der Waals surface area contributed by atoms with Crippen molar-refractivity contribution in [2.24, 2.45) is 0 Å². The summed E-state index contributed by atoms with van der Waals surface area (Å²) in [7, 11) is 0. The van der Waals surface area contributed by atoms with E-state index in [1.807, 2.05) is 0 Å². The van der Waals surface area contributed by atoms with Crippen LogP contribution in [0.3, 0.4) is 0 Å². The average Bonchev–Trinajstić information content (AvgIpc) is 2.28. The van der Waals surface area contributed by atoms with Gasteiger partial charge in [-0.05, 0) is 55.4 Å². The van der Waals surface area contributed by atoms with Crippen molar-refractivity contribution >= 4 is 11.9 Å². The summed E-state index contributed by atoms with van der Waals surface area (Å²) in [5.74, 6) is -0.967. The largest absolute Gasteiger partial charge is 0.462 e. The maximum absolute atomic E-state index is 12.3. The lowest BCUT2D eigenvalue weighted by Gasteiger charge is -2.45. The van der Waals surface area contributed by atoms with Crippen molar-refractivity contribution in [3.8, 4) is 0 Å². The third-order valence-electron chi connectivity index (χ3n) is 5.33. The number of nitrogens with two attached hydrogens (primary N) is 1. The molecule has 0 aromatic carbocycles. The lowest BCUT2D eigenvalue weighted by Crippen LogP contribution is -3.06. The van der Waals surface area contributed by atoms with Gasteiger partial charge in [-0.2, -0.15) is 0 Å². The predicted octanol–water partition coefficient (Wildman–Crippen LogP) is 2.06. The molecule has 2 rings (SSSR count). The van der Waals surface area contributed by atoms with Gasteiger partial charge in [0.15, 0.2) is 0 Å². The zero-order chi connectivity index (χ0) is 20.7. The molecule has 0 aromatic heterocycles. The van der Waals surface area contributed by atoms with E-state index >= 15 is 0 Å². The summed E-state index contributed by atoms with van der Waals surface area (Å²) in [5.41, 5.74) is -0.190. The molecule has 27 heavy (non-hydrogen) atoms. The van der Waals surface area contributed by atoms with Gasteiger partial charge in [0.1, 0.15) is 18.6 Å². The van der Waals surface area contributed by atoms with E-state index in [9.17, 15) is 9.59 Å². The first-order valence-corrected chi connectivity index (χ1v) is 10.1. The van der Waals surface area contributed by atoms with Gasteiger partial charge in [0.05, 0.1) is 11.1 Å². The molecule has 2 aliphatic heterocycles. The Morgan fingerprint density at radius 2 is 1.15 bits per heavy atom. The summed E-state index contributed by atoms with van der Waals surface area (Å²) in [6.07, 6.45) is 2.39. The van der Waals surface area contributed by atoms with Crippen molar-refractivity contribution in [1.82, 2.24) is 5.32 Å². The van der Waals surface area contributed by atoms with Crippen LogP contribution >= 0.6 is 0 Å². The normalized spacial score (nSPS) is 27.0. The minimum absolute atomic E-state index is 0.0134. The van der Waals surface area contributed by atoms with Gasteiger partial charge in [0.25, 0.3) is 0 Å². The average molecular weight is 384 g/mol. The Labute approximate surface area is 164 Å². The van der Waals surface area contributed by atoms with Crippen LogP contribution in [0.15, 0.2) is 0 Å². The first-order chi connectivity index (χ1) is 12.1. The Bertz CT molecular complexity index is 499. The number of carbonyl (C=O) groups is 2. The van der Waals surface area contributed by atoms with E-state index in [-0.39, 0.29) is 40.8 Å². The smallest absolute Gasteiger partial charge is 0.317 e. The molecule has 2 aliphatic rings. The molecule has 2 fully saturated rings. The Morgan fingerprint density at radius 1 is 0.778 bits per heavy atom. The Morgan fingerprint density at radius 3 is 1.56 bits per heavy atom. The molecule has 0 amide bonds. The van der Waals surface area contributed by atoms with Gasteiger partial charge >= 0.3 is 11.9 Å². The van der Waals surface area contributed by atoms with Gasteiger partial charge in [-0.1, -0.05) is 0 Å². The van der Waals surface area contributed by atoms with E-state index in [1.165, 1.54) is 0 Å². The highest BCUT2D eigenvalue weighted by Gasteiger charge is 2.43. The van der Waals surface area contributed by atoms with E-state index in [0.29, 0.717) is 0 Å². The van der Waals surface area contributed by atoms with Crippen molar-refractivity contribution in [2.45, 2.75) is 122 Å². The molecule has 6 heteroatoms. The summed E-state index contributed by atoms with van der Waals surface area (Å²) < 4.78 is 11.3. The minimum Gasteiger partial charge on any atom is -0.462 e. The molecule has 0 aliphatic carbocycles. The number of quaternary nitrogens is 1. The zero-order valence-corrected chi connectivity index (χ0v) is 18.4. The third-order valence-corrected chi connectivity index (χ3v) is 5.33. The summed E-state index contributed by atoms with van der Waals surface area (Å²) in [4.78, 5) is 24.6. The monoisotopic (exact) mass is 383 g/mol. The number of piperidine rings is 2. The van der Waals surface area contributed by atoms with Crippen molar-refractivity contribution in [2.75, 3.05) is 0 Å². The van der Waals surface area contributed by atoms with Crippen LogP contribution in [0.1, 0.15) is 87.5 Å². The lowest BCUT2D eigenvalue weighted by atomic mass is 9.81. The van der Waals surface area contributed by atoms with Crippen LogP contribution in [-0.4, -0.2) is 46.3 Å². The van der Waals surface area contributed by atoms with Gasteiger partial charge in [-0.25, -0.2) is 0 Å². The summed E-state index contributed by atoms with van der Waals surface area (Å²) >= 11 is 0. The van der Waals surface area contributed by atoms with E-state index in [1.54, 1.807) is 0 Å². The van der Waals surface area contributed by atoms with Crippen LogP contribution in [0, 0.1) is 0 Å². The molecule has 2 saturated heterocycles. The standard InChI is InChI=1S/C21H38N2O4/c1-18(2)10-14(11-19(3,4)22-18)26-16(24)9-17(25)27-15-12-20(5,6)23-21(7,8)13-15/h14-15,22-23H,9-13H2,1-8H3/p+1. The summed E-state index contributed by atoms with van der Waals surface area (Å²) in [6, 6.07) is 0. The van der Waals surface area contributed by atoms with Gasteiger partial charge in [-0.3, -0.25) is 9.59 Å². The number of carbonyl (C=O) groups excluding carboxylic acids is 2. The molecular weight excluding hydrogens is 344 g/mol. The highest BCUT2D eigenvalue weighted by atomic mass is 16.6. The second-order valence-corrected chi connectivity index (χ2v) is 11.2. The summed E-state index contributed by atoms with van der Waals surface area (Å²) in [6.45, 7) is 17.0. The lowest BCUT2D eigenvalue weighted by molar-refractivity contribution is -0.789. The number of rotatable bonds is 4. The predicted molar refractivity (Wildman–Crippen MR) is 104 cm³/mol. The van der Waals surface area contributed by atoms with Crippen LogP contribution in [0.2, 0.25) is 0 Å². The zero-order valence-electron chi connectivity index (χ0n) is 18.4. The molecule has 2 heterocycles. The van der Waals surface area contributed by atoms with E-state index in [0.717, 1.165) is 25.7 Å².